The van der Waals surface area contributed by atoms with Gasteiger partial charge in [0.05, 0.1) is 5.41 Å². The number of hydrogen-bond acceptors (Lipinski definition) is 4. The topological polar surface area (TPSA) is 73.1 Å². The molecule has 0 aromatic rings. The molecule has 0 aromatic heterocycles. The summed E-state index contributed by atoms with van der Waals surface area (Å²) in [5, 5.41) is 23.1. The molecule has 1 saturated heterocycles. The molecule has 0 aliphatic carbocycles. The van der Waals surface area contributed by atoms with Gasteiger partial charge in [-0.3, -0.25) is 10.0 Å². The van der Waals surface area contributed by atoms with E-state index in [4.69, 9.17) is 0 Å². The Bertz CT molecular complexity index is 378. The molecule has 2 N–H and O–H groups in total. The zero-order chi connectivity index (χ0) is 13.3. The van der Waals surface area contributed by atoms with E-state index < -0.39 is 16.9 Å². The molecule has 0 spiro atoms. The van der Waals surface area contributed by atoms with Crippen LogP contribution in [0.1, 0.15) is 40.5 Å². The van der Waals surface area contributed by atoms with Crippen molar-refractivity contribution in [3.8, 4) is 0 Å². The van der Waals surface area contributed by atoms with Crippen LogP contribution in [0.2, 0.25) is 0 Å². The highest BCUT2D eigenvalue weighted by atomic mass is 16.5. The first-order chi connectivity index (χ1) is 7.88. The minimum Gasteiger partial charge on any atom is -0.411 e. The lowest BCUT2D eigenvalue weighted by Crippen LogP contribution is -2.43. The molecule has 5 nitrogen and oxygen atoms in total. The van der Waals surface area contributed by atoms with E-state index in [1.54, 1.807) is 32.9 Å². The SMILES string of the molecule is C/C=C/C1(C)/C(=N/O)C(C)(CCC)C(=O)N1O. The van der Waals surface area contributed by atoms with Gasteiger partial charge in [-0.25, -0.2) is 5.06 Å². The molecule has 0 aromatic carbocycles. The first-order valence-electron chi connectivity index (χ1n) is 5.78. The van der Waals surface area contributed by atoms with Gasteiger partial charge in [-0.2, -0.15) is 0 Å². The number of carbonyl (C=O) groups is 1. The molecule has 0 bridgehead atoms. The molecule has 1 amide bonds. The number of hydrogen-bond donors (Lipinski definition) is 2. The number of allylic oxidation sites excluding steroid dienone is 1. The monoisotopic (exact) mass is 240 g/mol. The van der Waals surface area contributed by atoms with Crippen molar-refractivity contribution in [1.29, 1.82) is 0 Å². The Kier molecular flexibility index (Phi) is 3.62. The van der Waals surface area contributed by atoms with E-state index in [-0.39, 0.29) is 5.71 Å². The van der Waals surface area contributed by atoms with Crippen molar-refractivity contribution < 1.29 is 15.2 Å². The van der Waals surface area contributed by atoms with Gasteiger partial charge in [0.25, 0.3) is 5.91 Å². The van der Waals surface area contributed by atoms with Crippen LogP contribution in [0.5, 0.6) is 0 Å². The molecule has 1 aliphatic heterocycles. The number of nitrogens with zero attached hydrogens (tertiary/aromatic N) is 2. The summed E-state index contributed by atoms with van der Waals surface area (Å²) in [6, 6.07) is 0. The molecule has 2 unspecified atom stereocenters. The molecule has 17 heavy (non-hydrogen) atoms. The molecule has 0 saturated carbocycles. The van der Waals surface area contributed by atoms with Crippen molar-refractivity contribution in [1.82, 2.24) is 5.06 Å². The highest BCUT2D eigenvalue weighted by Gasteiger charge is 2.59. The second-order valence-electron chi connectivity index (χ2n) is 4.80. The summed E-state index contributed by atoms with van der Waals surface area (Å²) in [5.74, 6) is -0.423. The summed E-state index contributed by atoms with van der Waals surface area (Å²) in [7, 11) is 0. The lowest BCUT2D eigenvalue weighted by Gasteiger charge is -2.26. The third-order valence-electron chi connectivity index (χ3n) is 3.45. The second kappa shape index (κ2) is 4.49. The summed E-state index contributed by atoms with van der Waals surface area (Å²) in [4.78, 5) is 12.1. The predicted molar refractivity (Wildman–Crippen MR) is 64.1 cm³/mol. The molecule has 5 heteroatoms. The van der Waals surface area contributed by atoms with Crippen LogP contribution in [-0.4, -0.2) is 32.6 Å². The van der Waals surface area contributed by atoms with E-state index in [0.717, 1.165) is 6.42 Å². The highest BCUT2D eigenvalue weighted by molar-refractivity contribution is 6.19. The summed E-state index contributed by atoms with van der Waals surface area (Å²) in [5.41, 5.74) is -1.71. The number of hydroxylamine groups is 2. The summed E-state index contributed by atoms with van der Waals surface area (Å²) in [6.45, 7) is 7.08. The van der Waals surface area contributed by atoms with Gasteiger partial charge in [-0.05, 0) is 27.2 Å². The van der Waals surface area contributed by atoms with Gasteiger partial charge < -0.3 is 5.21 Å². The maximum absolute atomic E-state index is 12.1. The Hall–Kier alpha value is -1.36. The summed E-state index contributed by atoms with van der Waals surface area (Å²) >= 11 is 0. The fourth-order valence-corrected chi connectivity index (χ4v) is 2.62. The predicted octanol–water partition coefficient (Wildman–Crippen LogP) is 2.19. The molecular formula is C12H20N2O3. The van der Waals surface area contributed by atoms with Crippen LogP contribution in [-0.2, 0) is 4.79 Å². The van der Waals surface area contributed by atoms with Gasteiger partial charge in [0.1, 0.15) is 11.3 Å². The van der Waals surface area contributed by atoms with Crippen molar-refractivity contribution in [2.45, 2.75) is 46.1 Å². The Labute approximate surface area is 101 Å². The minimum atomic E-state index is -1.06. The van der Waals surface area contributed by atoms with E-state index in [1.807, 2.05) is 6.92 Å². The smallest absolute Gasteiger partial charge is 0.258 e. The van der Waals surface area contributed by atoms with E-state index >= 15 is 0 Å². The Morgan fingerprint density at radius 1 is 1.47 bits per heavy atom. The standard InChI is InChI=1S/C12H20N2O3/c1-5-7-11(3)9(13-16)12(4,8-6-2)14(17)10(11)15/h6,8,16-17H,5,7H2,1-4H3/b8-6+,13-9+. The first-order valence-corrected chi connectivity index (χ1v) is 5.78. The van der Waals surface area contributed by atoms with E-state index in [0.29, 0.717) is 11.5 Å². The van der Waals surface area contributed by atoms with Gasteiger partial charge in [-0.1, -0.05) is 30.7 Å². The molecule has 1 aliphatic rings. The van der Waals surface area contributed by atoms with Crippen LogP contribution in [0, 0.1) is 5.41 Å². The van der Waals surface area contributed by atoms with Crippen molar-refractivity contribution in [3.05, 3.63) is 12.2 Å². The Balaban J connectivity index is 3.36. The van der Waals surface area contributed by atoms with E-state index in [9.17, 15) is 15.2 Å². The lowest BCUT2D eigenvalue weighted by atomic mass is 9.77. The molecule has 96 valence electrons. The van der Waals surface area contributed by atoms with Crippen molar-refractivity contribution >= 4 is 11.6 Å². The van der Waals surface area contributed by atoms with E-state index in [1.165, 1.54) is 0 Å². The summed E-state index contributed by atoms with van der Waals surface area (Å²) < 4.78 is 0. The zero-order valence-electron chi connectivity index (χ0n) is 10.8. The quantitative estimate of drug-likeness (QED) is 0.344. The first kappa shape index (κ1) is 13.7. The third kappa shape index (κ3) is 1.74. The van der Waals surface area contributed by atoms with Gasteiger partial charge in [0, 0.05) is 0 Å². The largest absolute Gasteiger partial charge is 0.411 e. The minimum absolute atomic E-state index is 0.289. The van der Waals surface area contributed by atoms with E-state index in [2.05, 4.69) is 5.16 Å². The molecular weight excluding hydrogens is 220 g/mol. The van der Waals surface area contributed by atoms with Crippen LogP contribution in [0.25, 0.3) is 0 Å². The van der Waals surface area contributed by atoms with Crippen molar-refractivity contribution in [3.63, 3.8) is 0 Å². The fourth-order valence-electron chi connectivity index (χ4n) is 2.62. The van der Waals surface area contributed by atoms with Crippen LogP contribution in [0.4, 0.5) is 0 Å². The number of carbonyl (C=O) groups excluding carboxylic acids is 1. The highest BCUT2D eigenvalue weighted by Crippen LogP contribution is 2.42. The molecule has 0 radical (unpaired) electrons. The van der Waals surface area contributed by atoms with Gasteiger partial charge >= 0.3 is 0 Å². The Morgan fingerprint density at radius 2 is 2.06 bits per heavy atom. The Morgan fingerprint density at radius 3 is 2.47 bits per heavy atom. The zero-order valence-corrected chi connectivity index (χ0v) is 10.8. The maximum Gasteiger partial charge on any atom is 0.258 e. The number of amides is 1. The lowest BCUT2D eigenvalue weighted by molar-refractivity contribution is -0.175. The molecule has 1 heterocycles. The van der Waals surface area contributed by atoms with Gasteiger partial charge in [0.2, 0.25) is 0 Å². The van der Waals surface area contributed by atoms with Crippen LogP contribution in [0.15, 0.2) is 17.3 Å². The second-order valence-corrected chi connectivity index (χ2v) is 4.80. The maximum atomic E-state index is 12.1. The molecule has 1 fully saturated rings. The molecule has 1 rings (SSSR count). The van der Waals surface area contributed by atoms with Crippen LogP contribution in [0.3, 0.4) is 0 Å². The van der Waals surface area contributed by atoms with Gasteiger partial charge in [-0.15, -0.1) is 0 Å². The normalized spacial score (nSPS) is 36.4. The van der Waals surface area contributed by atoms with Gasteiger partial charge in [0.15, 0.2) is 0 Å². The number of oxime groups is 1. The van der Waals surface area contributed by atoms with Crippen molar-refractivity contribution in [2.75, 3.05) is 0 Å². The average molecular weight is 240 g/mol. The van der Waals surface area contributed by atoms with Crippen molar-refractivity contribution in [2.24, 2.45) is 10.6 Å². The average Bonchev–Trinajstić information content (AvgIpc) is 2.40. The fraction of sp³-hybridized carbons (Fsp3) is 0.667. The van der Waals surface area contributed by atoms with Crippen LogP contribution < -0.4 is 0 Å². The summed E-state index contributed by atoms with van der Waals surface area (Å²) in [6.07, 6.45) is 4.68. The molecule has 2 atom stereocenters. The van der Waals surface area contributed by atoms with Crippen LogP contribution >= 0.6 is 0 Å². The number of rotatable bonds is 3. The third-order valence-corrected chi connectivity index (χ3v) is 3.45.